The van der Waals surface area contributed by atoms with E-state index < -0.39 is 12.0 Å². The second-order valence-electron chi connectivity index (χ2n) is 12.3. The van der Waals surface area contributed by atoms with Crippen molar-refractivity contribution in [2.24, 2.45) is 5.41 Å². The van der Waals surface area contributed by atoms with Gasteiger partial charge in [0.15, 0.2) is 0 Å². The lowest BCUT2D eigenvalue weighted by atomic mass is 9.76. The second-order valence-corrected chi connectivity index (χ2v) is 12.3. The highest BCUT2D eigenvalue weighted by Gasteiger charge is 2.48. The van der Waals surface area contributed by atoms with Gasteiger partial charge < -0.3 is 20.0 Å². The Kier molecular flexibility index (Phi) is 8.32. The topological polar surface area (TPSA) is 104 Å². The van der Waals surface area contributed by atoms with Crippen LogP contribution in [0.15, 0.2) is 49.1 Å². The van der Waals surface area contributed by atoms with E-state index >= 15 is 0 Å². The molecule has 1 aliphatic carbocycles. The van der Waals surface area contributed by atoms with Gasteiger partial charge in [-0.2, -0.15) is 0 Å². The van der Waals surface area contributed by atoms with Gasteiger partial charge in [0.25, 0.3) is 0 Å². The highest BCUT2D eigenvalue weighted by Crippen LogP contribution is 2.45. The first kappa shape index (κ1) is 27.2. The van der Waals surface area contributed by atoms with Gasteiger partial charge >= 0.3 is 5.97 Å². The molecule has 0 bridgehead atoms. The zero-order chi connectivity index (χ0) is 27.4. The van der Waals surface area contributed by atoms with E-state index in [2.05, 4.69) is 58.9 Å². The Morgan fingerprint density at radius 2 is 1.55 bits per heavy atom. The van der Waals surface area contributed by atoms with Crippen LogP contribution in [0.5, 0.6) is 0 Å². The van der Waals surface area contributed by atoms with Gasteiger partial charge in [0, 0.05) is 50.5 Å². The monoisotopic (exact) mass is 545 g/mol. The number of rotatable bonds is 10. The normalized spacial score (nSPS) is 22.4. The van der Waals surface area contributed by atoms with E-state index in [-0.39, 0.29) is 5.41 Å². The Morgan fingerprint density at radius 3 is 2.12 bits per heavy atom. The lowest BCUT2D eigenvalue weighted by Gasteiger charge is -2.43. The molecule has 9 nitrogen and oxygen atoms in total. The number of carboxylic acids is 1. The van der Waals surface area contributed by atoms with Crippen molar-refractivity contribution in [3.05, 3.63) is 71.8 Å². The Morgan fingerprint density at radius 1 is 0.925 bits per heavy atom. The molecule has 1 atom stereocenters. The lowest BCUT2D eigenvalue weighted by molar-refractivity contribution is -0.142. The van der Waals surface area contributed by atoms with Crippen molar-refractivity contribution in [1.82, 2.24) is 34.6 Å². The zero-order valence-electron chi connectivity index (χ0n) is 23.5. The van der Waals surface area contributed by atoms with Crippen LogP contribution < -0.4 is 0 Å². The lowest BCUT2D eigenvalue weighted by Crippen LogP contribution is -2.46. The van der Waals surface area contributed by atoms with Crippen LogP contribution in [0.3, 0.4) is 0 Å². The molecule has 0 radical (unpaired) electrons. The predicted molar refractivity (Wildman–Crippen MR) is 153 cm³/mol. The van der Waals surface area contributed by atoms with Crippen molar-refractivity contribution in [1.29, 1.82) is 0 Å². The summed E-state index contributed by atoms with van der Waals surface area (Å²) >= 11 is 0. The van der Waals surface area contributed by atoms with Gasteiger partial charge in [-0.1, -0.05) is 43.5 Å². The largest absolute Gasteiger partial charge is 0.480 e. The molecular formula is C31H43N7O2. The predicted octanol–water partition coefficient (Wildman–Crippen LogP) is 4.41. The highest BCUT2D eigenvalue weighted by molar-refractivity contribution is 5.74. The van der Waals surface area contributed by atoms with Gasteiger partial charge in [-0.3, -0.25) is 14.6 Å². The fourth-order valence-corrected chi connectivity index (χ4v) is 7.33. The highest BCUT2D eigenvalue weighted by atomic mass is 16.4. The molecule has 6 rings (SSSR count). The summed E-state index contributed by atoms with van der Waals surface area (Å²) in [5.74, 6) is 1.18. The zero-order valence-corrected chi connectivity index (χ0v) is 23.5. The summed E-state index contributed by atoms with van der Waals surface area (Å²) in [6.07, 6.45) is 17.1. The Labute approximate surface area is 237 Å². The van der Waals surface area contributed by atoms with Crippen molar-refractivity contribution >= 4 is 5.97 Å². The quantitative estimate of drug-likeness (QED) is 0.347. The van der Waals surface area contributed by atoms with Crippen LogP contribution >= 0.6 is 0 Å². The number of piperidine rings is 1. The number of likely N-dealkylation sites (tertiary alicyclic amines) is 2. The average molecular weight is 546 g/mol. The van der Waals surface area contributed by atoms with Crippen molar-refractivity contribution in [2.75, 3.05) is 19.6 Å². The molecule has 0 amide bonds. The van der Waals surface area contributed by atoms with Crippen LogP contribution in [-0.2, 0) is 31.0 Å². The molecule has 2 aromatic heterocycles. The summed E-state index contributed by atoms with van der Waals surface area (Å²) in [7, 11) is 0. The van der Waals surface area contributed by atoms with E-state index in [9.17, 15) is 9.90 Å². The molecular weight excluding hydrogens is 502 g/mol. The molecule has 9 heteroatoms. The first-order valence-corrected chi connectivity index (χ1v) is 15.0. The number of hydrogen-bond donors (Lipinski definition) is 3. The third-order valence-corrected chi connectivity index (χ3v) is 9.51. The fourth-order valence-electron chi connectivity index (χ4n) is 7.33. The third kappa shape index (κ3) is 6.48. The molecule has 2 saturated heterocycles. The Bertz CT molecular complexity index is 1160. The van der Waals surface area contributed by atoms with Crippen LogP contribution in [0, 0.1) is 5.41 Å². The van der Waals surface area contributed by atoms with E-state index in [1.807, 2.05) is 12.4 Å². The summed E-state index contributed by atoms with van der Waals surface area (Å²) in [5, 5.41) is 10.1. The molecule has 214 valence electrons. The first-order chi connectivity index (χ1) is 19.6. The molecule has 4 heterocycles. The number of nitrogens with zero attached hydrogens (tertiary/aromatic N) is 5. The average Bonchev–Trinajstić information content (AvgIpc) is 3.74. The van der Waals surface area contributed by atoms with Crippen molar-refractivity contribution in [2.45, 2.75) is 89.6 Å². The van der Waals surface area contributed by atoms with E-state index in [0.717, 1.165) is 63.1 Å². The van der Waals surface area contributed by atoms with E-state index in [1.54, 1.807) is 12.4 Å². The van der Waals surface area contributed by atoms with Crippen molar-refractivity contribution in [3.63, 3.8) is 0 Å². The fraction of sp³-hybridized carbons (Fsp3) is 0.581. The molecule has 1 saturated carbocycles. The maximum Gasteiger partial charge on any atom is 0.320 e. The number of aromatic amines is 2. The Balaban J connectivity index is 1.07. The van der Waals surface area contributed by atoms with Crippen LogP contribution in [0.4, 0.5) is 0 Å². The molecule has 3 fully saturated rings. The Hall–Kier alpha value is -3.01. The molecule has 3 N–H and O–H groups in total. The second kappa shape index (κ2) is 12.2. The third-order valence-electron chi connectivity index (χ3n) is 9.51. The number of imidazole rings is 2. The standard InChI is InChI=1S/C31H43N7O2/c39-30(40)27-18-31(10-16-37(17-11-31)26-4-2-1-3-5-26)23-38(27)20-25-8-6-24(7-9-25)19-36(21-28-32-12-13-33-28)22-29-34-14-15-35-29/h6-9,12-15,26-27H,1-5,10-11,16-23H2,(H,32,33)(H,34,35)(H,39,40). The SMILES string of the molecule is O=C(O)C1CC2(CCN(C3CCCCC3)CC2)CN1Cc1ccc(CN(Cc2ncc[nH]2)Cc2ncc[nH]2)cc1. The maximum absolute atomic E-state index is 12.3. The van der Waals surface area contributed by atoms with Gasteiger partial charge in [0.05, 0.1) is 13.1 Å². The molecule has 3 aliphatic rings. The van der Waals surface area contributed by atoms with Crippen LogP contribution in [0.2, 0.25) is 0 Å². The van der Waals surface area contributed by atoms with Gasteiger partial charge in [-0.15, -0.1) is 0 Å². The molecule has 3 aromatic rings. The maximum atomic E-state index is 12.3. The molecule has 1 spiro atoms. The number of aliphatic carboxylic acids is 1. The summed E-state index contributed by atoms with van der Waals surface area (Å²) in [6, 6.07) is 9.06. The number of benzene rings is 1. The minimum atomic E-state index is -0.672. The van der Waals surface area contributed by atoms with Crippen molar-refractivity contribution < 1.29 is 9.90 Å². The van der Waals surface area contributed by atoms with E-state index in [0.29, 0.717) is 19.6 Å². The smallest absolute Gasteiger partial charge is 0.320 e. The van der Waals surface area contributed by atoms with Crippen molar-refractivity contribution in [3.8, 4) is 0 Å². The summed E-state index contributed by atoms with van der Waals surface area (Å²) in [5.41, 5.74) is 2.53. The van der Waals surface area contributed by atoms with E-state index in [4.69, 9.17) is 0 Å². The van der Waals surface area contributed by atoms with Crippen LogP contribution in [0.1, 0.15) is 74.1 Å². The number of H-pyrrole nitrogens is 2. The summed E-state index contributed by atoms with van der Waals surface area (Å²) in [4.78, 5) is 34.7. The van der Waals surface area contributed by atoms with Crippen LogP contribution in [0.25, 0.3) is 0 Å². The number of nitrogens with one attached hydrogen (secondary N) is 2. The molecule has 1 unspecified atom stereocenters. The van der Waals surface area contributed by atoms with Gasteiger partial charge in [0.1, 0.15) is 17.7 Å². The molecule has 2 aliphatic heterocycles. The molecule has 1 aromatic carbocycles. The summed E-state index contributed by atoms with van der Waals surface area (Å²) < 4.78 is 0. The van der Waals surface area contributed by atoms with E-state index in [1.165, 1.54) is 43.2 Å². The minimum Gasteiger partial charge on any atom is -0.480 e. The van der Waals surface area contributed by atoms with Crippen LogP contribution in [-0.4, -0.2) is 77.4 Å². The first-order valence-electron chi connectivity index (χ1n) is 15.0. The number of aromatic nitrogens is 4. The van der Waals surface area contributed by atoms with Gasteiger partial charge in [-0.25, -0.2) is 9.97 Å². The minimum absolute atomic E-state index is 0.145. The summed E-state index contributed by atoms with van der Waals surface area (Å²) in [6.45, 7) is 6.01. The number of carboxylic acid groups (broad SMARTS) is 1. The molecule has 40 heavy (non-hydrogen) atoms. The number of hydrogen-bond acceptors (Lipinski definition) is 6. The van der Waals surface area contributed by atoms with Gasteiger partial charge in [-0.05, 0) is 61.7 Å². The number of carbonyl (C=O) groups is 1. The van der Waals surface area contributed by atoms with Gasteiger partial charge in [0.2, 0.25) is 0 Å².